The van der Waals surface area contributed by atoms with Crippen LogP contribution in [0.3, 0.4) is 0 Å². The predicted octanol–water partition coefficient (Wildman–Crippen LogP) is 2.67. The van der Waals surface area contributed by atoms with Gasteiger partial charge in [-0.1, -0.05) is 35.9 Å². The van der Waals surface area contributed by atoms with Gasteiger partial charge in [0.1, 0.15) is 6.54 Å². The smallest absolute Gasteiger partial charge is 0.392 e. The summed E-state index contributed by atoms with van der Waals surface area (Å²) in [5.41, 5.74) is 0.241. The third kappa shape index (κ3) is 4.07. The molecule has 2 rings (SSSR count). The highest BCUT2D eigenvalue weighted by Gasteiger charge is 2.38. The molecule has 1 heterocycles. The predicted molar refractivity (Wildman–Crippen MR) is 81.2 cm³/mol. The number of hydrogen-bond donors (Lipinski definition) is 2. The lowest BCUT2D eigenvalue weighted by molar-refractivity contribution is -0.141. The lowest BCUT2D eigenvalue weighted by Gasteiger charge is -2.09. The van der Waals surface area contributed by atoms with Gasteiger partial charge in [-0.25, -0.2) is 0 Å². The molecule has 130 valence electrons. The van der Waals surface area contributed by atoms with Gasteiger partial charge in [0.25, 0.3) is 0 Å². The van der Waals surface area contributed by atoms with Crippen LogP contribution in [-0.4, -0.2) is 20.8 Å². The second kappa shape index (κ2) is 7.23. The summed E-state index contributed by atoms with van der Waals surface area (Å²) in [5, 5.41) is 14.7. The van der Waals surface area contributed by atoms with Gasteiger partial charge < -0.3 is 10.4 Å². The van der Waals surface area contributed by atoms with E-state index in [0.717, 1.165) is 10.2 Å². The summed E-state index contributed by atoms with van der Waals surface area (Å²) < 4.78 is 39.2. The van der Waals surface area contributed by atoms with Crippen molar-refractivity contribution in [2.75, 3.05) is 0 Å². The van der Waals surface area contributed by atoms with Crippen LogP contribution in [0.4, 0.5) is 13.2 Å². The third-order valence-corrected chi connectivity index (χ3v) is 3.91. The molecule has 2 aromatic rings. The number of hydrogen-bond acceptors (Lipinski definition) is 3. The van der Waals surface area contributed by atoms with E-state index in [4.69, 9.17) is 11.6 Å². The number of amides is 1. The topological polar surface area (TPSA) is 67.2 Å². The number of rotatable bonds is 5. The summed E-state index contributed by atoms with van der Waals surface area (Å²) in [6.07, 6.45) is -4.68. The Balaban J connectivity index is 2.05. The van der Waals surface area contributed by atoms with E-state index in [9.17, 15) is 23.1 Å². The van der Waals surface area contributed by atoms with Crippen molar-refractivity contribution in [3.05, 3.63) is 51.8 Å². The molecule has 0 aliphatic heterocycles. The molecule has 24 heavy (non-hydrogen) atoms. The normalized spacial score (nSPS) is 11.6. The van der Waals surface area contributed by atoms with Crippen LogP contribution in [0.1, 0.15) is 22.5 Å². The first kappa shape index (κ1) is 18.3. The van der Waals surface area contributed by atoms with Crippen LogP contribution in [0.15, 0.2) is 24.3 Å². The Morgan fingerprint density at radius 3 is 2.50 bits per heavy atom. The van der Waals surface area contributed by atoms with Crippen molar-refractivity contribution < 1.29 is 23.1 Å². The third-order valence-electron chi connectivity index (χ3n) is 3.46. The van der Waals surface area contributed by atoms with Gasteiger partial charge >= 0.3 is 6.18 Å². The Morgan fingerprint density at radius 1 is 1.33 bits per heavy atom. The number of nitrogens with one attached hydrogen (secondary N) is 1. The van der Waals surface area contributed by atoms with Gasteiger partial charge in [-0.15, -0.1) is 0 Å². The van der Waals surface area contributed by atoms with E-state index in [0.29, 0.717) is 5.56 Å². The lowest BCUT2D eigenvalue weighted by atomic mass is 10.1. The van der Waals surface area contributed by atoms with E-state index in [1.54, 1.807) is 24.3 Å². The Morgan fingerprint density at radius 2 is 1.96 bits per heavy atom. The molecule has 1 aromatic carbocycles. The van der Waals surface area contributed by atoms with Gasteiger partial charge in [0.15, 0.2) is 5.69 Å². The molecule has 9 heteroatoms. The van der Waals surface area contributed by atoms with E-state index >= 15 is 0 Å². The number of carbonyl (C=O) groups excluding carboxylic acids is 1. The number of aromatic nitrogens is 2. The average molecular weight is 362 g/mol. The quantitative estimate of drug-likeness (QED) is 0.860. The highest BCUT2D eigenvalue weighted by Crippen LogP contribution is 2.35. The minimum absolute atomic E-state index is 0.0647. The molecule has 0 radical (unpaired) electrons. The molecule has 0 fully saturated rings. The zero-order valence-electron chi connectivity index (χ0n) is 12.7. The van der Waals surface area contributed by atoms with Crippen molar-refractivity contribution in [2.45, 2.75) is 32.8 Å². The number of benzene rings is 1. The molecule has 5 nitrogen and oxygen atoms in total. The van der Waals surface area contributed by atoms with Crippen LogP contribution >= 0.6 is 11.6 Å². The molecule has 0 unspecified atom stereocenters. The fourth-order valence-electron chi connectivity index (χ4n) is 2.13. The zero-order chi connectivity index (χ0) is 17.9. The van der Waals surface area contributed by atoms with Gasteiger partial charge in [-0.2, -0.15) is 18.3 Å². The maximum atomic E-state index is 12.7. The van der Waals surface area contributed by atoms with E-state index in [1.807, 2.05) is 0 Å². The first-order valence-corrected chi connectivity index (χ1v) is 7.36. The summed E-state index contributed by atoms with van der Waals surface area (Å²) in [6.45, 7) is 0.951. The summed E-state index contributed by atoms with van der Waals surface area (Å²) in [5.74, 6) is -0.515. The monoisotopic (exact) mass is 361 g/mol. The molecule has 0 aliphatic carbocycles. The maximum Gasteiger partial charge on any atom is 0.436 e. The molecule has 1 aromatic heterocycles. The zero-order valence-corrected chi connectivity index (χ0v) is 13.4. The SMILES string of the molecule is Cc1c(Cl)c(C(F)(F)F)nn1CC(=O)NCc1ccccc1CO. The van der Waals surface area contributed by atoms with Gasteiger partial charge in [0.2, 0.25) is 5.91 Å². The van der Waals surface area contributed by atoms with Crippen molar-refractivity contribution >= 4 is 17.5 Å². The Kier molecular flexibility index (Phi) is 5.51. The number of alkyl halides is 3. The summed E-state index contributed by atoms with van der Waals surface area (Å²) in [6, 6.07) is 6.97. The summed E-state index contributed by atoms with van der Waals surface area (Å²) >= 11 is 5.63. The number of halogens is 4. The highest BCUT2D eigenvalue weighted by atomic mass is 35.5. The molecule has 0 spiro atoms. The maximum absolute atomic E-state index is 12.7. The van der Waals surface area contributed by atoms with E-state index in [1.165, 1.54) is 6.92 Å². The summed E-state index contributed by atoms with van der Waals surface area (Å²) in [4.78, 5) is 11.9. The lowest BCUT2D eigenvalue weighted by Crippen LogP contribution is -2.28. The van der Waals surface area contributed by atoms with Crippen molar-refractivity contribution in [3.8, 4) is 0 Å². The van der Waals surface area contributed by atoms with Crippen LogP contribution in [0, 0.1) is 6.92 Å². The van der Waals surface area contributed by atoms with Gasteiger partial charge in [0, 0.05) is 6.54 Å². The second-order valence-corrected chi connectivity index (χ2v) is 5.48. The molecule has 0 saturated heterocycles. The van der Waals surface area contributed by atoms with Gasteiger partial charge in [-0.3, -0.25) is 9.48 Å². The fraction of sp³-hybridized carbons (Fsp3) is 0.333. The van der Waals surface area contributed by atoms with Crippen LogP contribution in [0.2, 0.25) is 5.02 Å². The molecule has 0 atom stereocenters. The van der Waals surface area contributed by atoms with Crippen LogP contribution in [0.5, 0.6) is 0 Å². The van der Waals surface area contributed by atoms with Crippen molar-refractivity contribution in [1.82, 2.24) is 15.1 Å². The first-order chi connectivity index (χ1) is 11.2. The minimum atomic E-state index is -4.68. The second-order valence-electron chi connectivity index (χ2n) is 5.11. The largest absolute Gasteiger partial charge is 0.436 e. The Bertz CT molecular complexity index is 744. The van der Waals surface area contributed by atoms with Crippen molar-refractivity contribution in [1.29, 1.82) is 0 Å². The van der Waals surface area contributed by atoms with Gasteiger partial charge in [0.05, 0.1) is 17.3 Å². The minimum Gasteiger partial charge on any atom is -0.392 e. The number of nitrogens with zero attached hydrogens (tertiary/aromatic N) is 2. The molecule has 2 N–H and O–H groups in total. The standard InChI is InChI=1S/C15H15ClF3N3O2/c1-9-13(16)14(15(17,18)19)21-22(9)7-12(24)20-6-10-4-2-3-5-11(10)8-23/h2-5,23H,6-8H2,1H3,(H,20,24). The first-order valence-electron chi connectivity index (χ1n) is 6.98. The van der Waals surface area contributed by atoms with E-state index in [-0.39, 0.29) is 25.4 Å². The van der Waals surface area contributed by atoms with Crippen molar-refractivity contribution in [2.24, 2.45) is 0 Å². The molecule has 0 bridgehead atoms. The molecular formula is C15H15ClF3N3O2. The van der Waals surface area contributed by atoms with E-state index in [2.05, 4.69) is 10.4 Å². The average Bonchev–Trinajstić information content (AvgIpc) is 2.81. The number of carbonyl (C=O) groups is 1. The van der Waals surface area contributed by atoms with E-state index < -0.39 is 22.8 Å². The number of aliphatic hydroxyl groups is 1. The van der Waals surface area contributed by atoms with Crippen molar-refractivity contribution in [3.63, 3.8) is 0 Å². The van der Waals surface area contributed by atoms with Crippen LogP contribution in [-0.2, 0) is 30.7 Å². The number of aliphatic hydroxyl groups excluding tert-OH is 1. The summed E-state index contributed by atoms with van der Waals surface area (Å²) in [7, 11) is 0. The van der Waals surface area contributed by atoms with Crippen LogP contribution in [0.25, 0.3) is 0 Å². The molecular weight excluding hydrogens is 347 g/mol. The molecule has 1 amide bonds. The molecule has 0 aliphatic rings. The van der Waals surface area contributed by atoms with Gasteiger partial charge in [-0.05, 0) is 18.1 Å². The molecule has 0 saturated carbocycles. The Hall–Kier alpha value is -2.06. The van der Waals surface area contributed by atoms with Crippen LogP contribution < -0.4 is 5.32 Å². The Labute approximate surface area is 141 Å². The fourth-order valence-corrected chi connectivity index (χ4v) is 2.37. The highest BCUT2D eigenvalue weighted by molar-refractivity contribution is 6.32.